The fraction of sp³-hybridized carbons (Fsp3) is 0.182. The number of alkyl halides is 9. The highest BCUT2D eigenvalue weighted by Crippen LogP contribution is 2.55. The topological polar surface area (TPSA) is 43.4 Å². The molecule has 0 amide bonds. The van der Waals surface area contributed by atoms with Gasteiger partial charge >= 0.3 is 33.4 Å². The summed E-state index contributed by atoms with van der Waals surface area (Å²) in [5, 5.41) is -6.43. The van der Waals surface area contributed by atoms with Crippen molar-refractivity contribution in [3.8, 4) is 28.0 Å². The van der Waals surface area contributed by atoms with Gasteiger partial charge in [-0.05, 0) is 41.0 Å². The van der Waals surface area contributed by atoms with Crippen LogP contribution in [0.4, 0.5) is 39.5 Å². The first kappa shape index (κ1) is 28.9. The Morgan fingerprint density at radius 2 is 1.11 bits per heavy atom. The third-order valence-corrected chi connectivity index (χ3v) is 6.89. The van der Waals surface area contributed by atoms with Crippen molar-refractivity contribution < 1.29 is 52.1 Å². The zero-order chi connectivity index (χ0) is 28.0. The molecule has 0 fully saturated rings. The van der Waals surface area contributed by atoms with Crippen LogP contribution in [-0.4, -0.2) is 31.7 Å². The molecule has 15 heteroatoms. The molecule has 0 N–H and O–H groups in total. The molecule has 3 aromatic carbocycles. The van der Waals surface area contributed by atoms with Crippen LogP contribution in [-0.2, 0) is 10.1 Å². The second-order valence-corrected chi connectivity index (χ2v) is 9.77. The Morgan fingerprint density at radius 3 is 1.59 bits per heavy atom. The molecule has 0 bridgehead atoms. The van der Waals surface area contributed by atoms with Gasteiger partial charge in [0.2, 0.25) is 0 Å². The standard InChI is InChI=1S/C22H11Cl2F9O3S/c23-16-6-3-7-17(24)18(16)15-5-2-1-4-14(15)12-8-10-13(11-9-12)36-37(34,35)22(32,33)20(27,28)19(25,26)21(29,30)31/h1-11H. The fourth-order valence-corrected chi connectivity index (χ4v) is 4.61. The van der Waals surface area contributed by atoms with Crippen LogP contribution in [0, 0.1) is 0 Å². The van der Waals surface area contributed by atoms with Crippen LogP contribution in [0.15, 0.2) is 66.7 Å². The van der Waals surface area contributed by atoms with Crippen molar-refractivity contribution in [1.82, 2.24) is 0 Å². The molecule has 0 heterocycles. The van der Waals surface area contributed by atoms with Crippen LogP contribution in [0.3, 0.4) is 0 Å². The van der Waals surface area contributed by atoms with Crippen molar-refractivity contribution in [2.75, 3.05) is 0 Å². The van der Waals surface area contributed by atoms with Crippen LogP contribution in [0.1, 0.15) is 0 Å². The van der Waals surface area contributed by atoms with Gasteiger partial charge in [0, 0.05) is 15.6 Å². The van der Waals surface area contributed by atoms with Crippen molar-refractivity contribution in [2.45, 2.75) is 23.3 Å². The van der Waals surface area contributed by atoms with Crippen molar-refractivity contribution in [3.05, 3.63) is 76.8 Å². The second-order valence-electron chi connectivity index (χ2n) is 7.37. The summed E-state index contributed by atoms with van der Waals surface area (Å²) in [4.78, 5) is 0. The minimum absolute atomic E-state index is 0.268. The summed E-state index contributed by atoms with van der Waals surface area (Å²) in [6, 6.07) is 14.7. The van der Waals surface area contributed by atoms with E-state index in [1.165, 1.54) is 0 Å². The zero-order valence-electron chi connectivity index (χ0n) is 17.6. The lowest BCUT2D eigenvalue weighted by molar-refractivity contribution is -0.382. The number of benzene rings is 3. The first-order valence-electron chi connectivity index (χ1n) is 9.63. The lowest BCUT2D eigenvalue weighted by Gasteiger charge is -2.32. The molecule has 0 saturated carbocycles. The van der Waals surface area contributed by atoms with E-state index < -0.39 is 39.1 Å². The molecule has 0 atom stereocenters. The highest BCUT2D eigenvalue weighted by molar-refractivity contribution is 7.88. The lowest BCUT2D eigenvalue weighted by Crippen LogP contribution is -2.63. The molecular weight excluding hydrogens is 586 g/mol. The Labute approximate surface area is 213 Å². The van der Waals surface area contributed by atoms with Crippen molar-refractivity contribution in [3.63, 3.8) is 0 Å². The Morgan fingerprint density at radius 1 is 0.622 bits per heavy atom. The minimum Gasteiger partial charge on any atom is -0.378 e. The van der Waals surface area contributed by atoms with Crippen molar-refractivity contribution in [1.29, 1.82) is 0 Å². The van der Waals surface area contributed by atoms with E-state index in [-0.39, 0.29) is 15.6 Å². The third-order valence-electron chi connectivity index (χ3n) is 4.96. The van der Waals surface area contributed by atoms with Crippen LogP contribution >= 0.6 is 23.2 Å². The summed E-state index contributed by atoms with van der Waals surface area (Å²) in [6.07, 6.45) is -7.19. The minimum atomic E-state index is -7.40. The summed E-state index contributed by atoms with van der Waals surface area (Å²) >= 11 is 12.5. The molecule has 0 radical (unpaired) electrons. The summed E-state index contributed by atoms with van der Waals surface area (Å²) < 4.78 is 145. The normalized spacial score (nSPS) is 13.5. The Hall–Kier alpha value is -2.64. The number of hydrogen-bond donors (Lipinski definition) is 0. The van der Waals surface area contributed by atoms with E-state index in [1.54, 1.807) is 42.5 Å². The molecule has 0 saturated heterocycles. The van der Waals surface area contributed by atoms with Crippen molar-refractivity contribution >= 4 is 33.3 Å². The maximum atomic E-state index is 13.9. The molecule has 0 aliphatic heterocycles. The van der Waals surface area contributed by atoms with Gasteiger partial charge in [0.05, 0.1) is 0 Å². The van der Waals surface area contributed by atoms with Gasteiger partial charge in [-0.1, -0.05) is 65.7 Å². The van der Waals surface area contributed by atoms with E-state index >= 15 is 0 Å². The maximum absolute atomic E-state index is 13.9. The van der Waals surface area contributed by atoms with Gasteiger partial charge < -0.3 is 4.18 Å². The van der Waals surface area contributed by atoms with Gasteiger partial charge in [0.15, 0.2) is 0 Å². The molecule has 3 aromatic rings. The van der Waals surface area contributed by atoms with Crippen LogP contribution < -0.4 is 4.18 Å². The molecule has 0 unspecified atom stereocenters. The Kier molecular flexibility index (Phi) is 7.50. The predicted octanol–water partition coefficient (Wildman–Crippen LogP) is 8.46. The van der Waals surface area contributed by atoms with E-state index in [2.05, 4.69) is 4.18 Å². The molecule has 0 aliphatic rings. The molecule has 200 valence electrons. The van der Waals surface area contributed by atoms with Gasteiger partial charge in [-0.3, -0.25) is 0 Å². The van der Waals surface area contributed by atoms with E-state index in [0.29, 0.717) is 28.8 Å². The van der Waals surface area contributed by atoms with Crippen molar-refractivity contribution in [2.24, 2.45) is 0 Å². The molecule has 37 heavy (non-hydrogen) atoms. The van der Waals surface area contributed by atoms with E-state index in [4.69, 9.17) is 23.2 Å². The zero-order valence-corrected chi connectivity index (χ0v) is 20.0. The number of halogens is 11. The summed E-state index contributed by atoms with van der Waals surface area (Å²) in [7, 11) is -7.05. The highest BCUT2D eigenvalue weighted by atomic mass is 35.5. The number of rotatable bonds is 7. The Bertz CT molecular complexity index is 1390. The van der Waals surface area contributed by atoms with E-state index in [1.807, 2.05) is 0 Å². The van der Waals surface area contributed by atoms with Gasteiger partial charge in [-0.2, -0.15) is 47.9 Å². The molecule has 0 spiro atoms. The summed E-state index contributed by atoms with van der Waals surface area (Å²) in [5.74, 6) is -15.9. The van der Waals surface area contributed by atoms with Gasteiger partial charge in [-0.15, -0.1) is 0 Å². The summed E-state index contributed by atoms with van der Waals surface area (Å²) in [6.45, 7) is 0. The maximum Gasteiger partial charge on any atom is 0.460 e. The first-order valence-corrected chi connectivity index (χ1v) is 11.8. The molecule has 3 nitrogen and oxygen atoms in total. The van der Waals surface area contributed by atoms with Crippen LogP contribution in [0.5, 0.6) is 5.75 Å². The second kappa shape index (κ2) is 9.59. The predicted molar refractivity (Wildman–Crippen MR) is 118 cm³/mol. The third kappa shape index (κ3) is 4.96. The van der Waals surface area contributed by atoms with E-state index in [9.17, 15) is 47.9 Å². The quantitative estimate of drug-likeness (QED) is 0.203. The SMILES string of the molecule is O=S(=O)(Oc1ccc(-c2ccccc2-c2c(Cl)cccc2Cl)cc1)C(F)(F)C(F)(F)C(F)(F)C(F)(F)F. The number of hydrogen-bond acceptors (Lipinski definition) is 3. The average Bonchev–Trinajstić information content (AvgIpc) is 2.78. The van der Waals surface area contributed by atoms with Gasteiger partial charge in [0.25, 0.3) is 0 Å². The summed E-state index contributed by atoms with van der Waals surface area (Å²) in [5.41, 5.74) is 1.63. The first-order chi connectivity index (χ1) is 16.8. The Balaban J connectivity index is 1.97. The van der Waals surface area contributed by atoms with E-state index in [0.717, 1.165) is 12.1 Å². The van der Waals surface area contributed by atoms with Gasteiger partial charge in [0.1, 0.15) is 5.75 Å². The molecule has 3 rings (SSSR count). The van der Waals surface area contributed by atoms with Crippen LogP contribution in [0.2, 0.25) is 10.0 Å². The molecule has 0 aliphatic carbocycles. The monoisotopic (exact) mass is 596 g/mol. The lowest BCUT2D eigenvalue weighted by atomic mass is 9.94. The van der Waals surface area contributed by atoms with Crippen LogP contribution in [0.25, 0.3) is 22.3 Å². The highest BCUT2D eigenvalue weighted by Gasteiger charge is 2.86. The fourth-order valence-electron chi connectivity index (χ4n) is 3.09. The average molecular weight is 597 g/mol. The molecule has 0 aromatic heterocycles. The smallest absolute Gasteiger partial charge is 0.378 e. The largest absolute Gasteiger partial charge is 0.460 e. The van der Waals surface area contributed by atoms with Gasteiger partial charge in [-0.25, -0.2) is 0 Å². The molecular formula is C22H11Cl2F9O3S.